The first-order valence-corrected chi connectivity index (χ1v) is 4.33. The van der Waals surface area contributed by atoms with Gasteiger partial charge in [0.15, 0.2) is 0 Å². The number of hydrogen-bond donors (Lipinski definition) is 0. The van der Waals surface area contributed by atoms with Gasteiger partial charge in [-0.25, -0.2) is 0 Å². The molecule has 0 aromatic heterocycles. The smallest absolute Gasteiger partial charge is 0.0809 e. The predicted octanol–water partition coefficient (Wildman–Crippen LogP) is 4.75. The van der Waals surface area contributed by atoms with Crippen molar-refractivity contribution in [3.05, 3.63) is 31.2 Å². The van der Waals surface area contributed by atoms with Gasteiger partial charge < -0.3 is 0 Å². The summed E-state index contributed by atoms with van der Waals surface area (Å²) in [6.07, 6.45) is 0. The van der Waals surface area contributed by atoms with Crippen LogP contribution in [0.15, 0.2) is 0 Å². The van der Waals surface area contributed by atoms with Gasteiger partial charge in [-0.3, -0.25) is 0 Å². The minimum Gasteiger partial charge on any atom is -0.0819 e. The van der Waals surface area contributed by atoms with E-state index in [1.54, 1.807) is 0 Å². The Morgan fingerprint density at radius 3 is 1.36 bits per heavy atom. The van der Waals surface area contributed by atoms with E-state index < -0.39 is 0 Å². The molecule has 0 spiro atoms. The van der Waals surface area contributed by atoms with Crippen molar-refractivity contribution < 1.29 is 0 Å². The first-order valence-electron chi connectivity index (χ1n) is 2.44. The van der Waals surface area contributed by atoms with E-state index in [0.29, 0.717) is 0 Å². The summed E-state index contributed by atoms with van der Waals surface area (Å²) in [5, 5.41) is 0.838. The van der Waals surface area contributed by atoms with Crippen LogP contribution in [0.4, 0.5) is 0 Å². The summed E-state index contributed by atoms with van der Waals surface area (Å²) in [4.78, 5) is 0. The van der Waals surface area contributed by atoms with Crippen molar-refractivity contribution in [2.24, 2.45) is 0 Å². The summed E-state index contributed by atoms with van der Waals surface area (Å²) in [5.74, 6) is 0. The molecular formula is C6Cl5. The van der Waals surface area contributed by atoms with Gasteiger partial charge in [-0.1, -0.05) is 58.0 Å². The molecule has 0 amide bonds. The van der Waals surface area contributed by atoms with Crippen molar-refractivity contribution in [2.75, 3.05) is 0 Å². The lowest BCUT2D eigenvalue weighted by Gasteiger charge is -2.01. The highest BCUT2D eigenvalue weighted by Gasteiger charge is 2.11. The van der Waals surface area contributed by atoms with Gasteiger partial charge >= 0.3 is 0 Å². The van der Waals surface area contributed by atoms with Crippen LogP contribution in [0.25, 0.3) is 0 Å². The first kappa shape index (κ1) is 9.76. The van der Waals surface area contributed by atoms with Crippen molar-refractivity contribution in [3.63, 3.8) is 0 Å². The van der Waals surface area contributed by atoms with Gasteiger partial charge in [-0.15, -0.1) is 0 Å². The maximum Gasteiger partial charge on any atom is 0.0809 e. The van der Waals surface area contributed by atoms with Gasteiger partial charge in [0.2, 0.25) is 0 Å². The highest BCUT2D eigenvalue weighted by atomic mass is 35.5. The molecule has 0 bridgehead atoms. The summed E-state index contributed by atoms with van der Waals surface area (Å²) < 4.78 is 0. The lowest BCUT2D eigenvalue weighted by Crippen LogP contribution is -1.76. The molecule has 5 heteroatoms. The predicted molar refractivity (Wildman–Crippen MR) is 50.3 cm³/mol. The number of halogens is 5. The van der Waals surface area contributed by atoms with Gasteiger partial charge in [-0.2, -0.15) is 0 Å². The molecule has 1 aromatic rings. The van der Waals surface area contributed by atoms with E-state index in [0.717, 1.165) is 0 Å². The Morgan fingerprint density at radius 1 is 0.636 bits per heavy atom. The van der Waals surface area contributed by atoms with Crippen LogP contribution in [0, 0.1) is 6.07 Å². The Morgan fingerprint density at radius 2 is 1.00 bits per heavy atom. The molecule has 1 rings (SSSR count). The minimum atomic E-state index is 0.155. The van der Waals surface area contributed by atoms with E-state index in [4.69, 9.17) is 58.0 Å². The molecule has 1 aromatic carbocycles. The monoisotopic (exact) mass is 247 g/mol. The molecule has 59 valence electrons. The zero-order valence-electron chi connectivity index (χ0n) is 4.89. The van der Waals surface area contributed by atoms with Crippen LogP contribution >= 0.6 is 58.0 Å². The minimum absolute atomic E-state index is 0.155. The van der Waals surface area contributed by atoms with E-state index in [2.05, 4.69) is 6.07 Å². The Kier molecular flexibility index (Phi) is 3.18. The molecule has 0 N–H and O–H groups in total. The summed E-state index contributed by atoms with van der Waals surface area (Å²) in [6.45, 7) is 0. The molecule has 0 aliphatic carbocycles. The van der Waals surface area contributed by atoms with Crippen LogP contribution in [0.1, 0.15) is 0 Å². The van der Waals surface area contributed by atoms with Gasteiger partial charge in [-0.05, 0) is 0 Å². The molecular weight excluding hydrogens is 249 g/mol. The Bertz CT molecular complexity index is 267. The Labute approximate surface area is 88.9 Å². The lowest BCUT2D eigenvalue weighted by atomic mass is 10.3. The number of rotatable bonds is 0. The van der Waals surface area contributed by atoms with Crippen molar-refractivity contribution in [2.45, 2.75) is 0 Å². The van der Waals surface area contributed by atoms with Crippen molar-refractivity contribution in [3.8, 4) is 0 Å². The van der Waals surface area contributed by atoms with E-state index in [1.807, 2.05) is 0 Å². The van der Waals surface area contributed by atoms with Gasteiger partial charge in [0, 0.05) is 6.07 Å². The van der Waals surface area contributed by atoms with Crippen molar-refractivity contribution in [1.82, 2.24) is 0 Å². The molecule has 0 fully saturated rings. The maximum absolute atomic E-state index is 5.64. The topological polar surface area (TPSA) is 0 Å². The summed E-state index contributed by atoms with van der Waals surface area (Å²) in [6, 6.07) is 2.53. The fourth-order valence-electron chi connectivity index (χ4n) is 0.495. The molecule has 0 aliphatic heterocycles. The molecule has 0 saturated carbocycles. The van der Waals surface area contributed by atoms with Crippen LogP contribution in [-0.2, 0) is 0 Å². The van der Waals surface area contributed by atoms with Crippen molar-refractivity contribution in [1.29, 1.82) is 0 Å². The number of benzene rings is 1. The van der Waals surface area contributed by atoms with Crippen LogP contribution in [0.5, 0.6) is 0 Å². The fourth-order valence-corrected chi connectivity index (χ4v) is 1.54. The second kappa shape index (κ2) is 3.59. The average molecular weight is 249 g/mol. The second-order valence-corrected chi connectivity index (χ2v) is 3.58. The molecule has 0 saturated heterocycles. The third-order valence-corrected chi connectivity index (χ3v) is 3.08. The standard InChI is InChI=1S/C6Cl5/c7-2-1-3(8)5(10)6(11)4(2)9. The summed E-state index contributed by atoms with van der Waals surface area (Å²) in [5.41, 5.74) is 0. The largest absolute Gasteiger partial charge is 0.0819 e. The average Bonchev–Trinajstić information content (AvgIpc) is 1.97. The van der Waals surface area contributed by atoms with E-state index in [1.165, 1.54) is 0 Å². The maximum atomic E-state index is 5.64. The van der Waals surface area contributed by atoms with E-state index in [9.17, 15) is 0 Å². The molecule has 0 nitrogen and oxygen atoms in total. The lowest BCUT2D eigenvalue weighted by molar-refractivity contribution is 1.68. The van der Waals surface area contributed by atoms with Gasteiger partial charge in [0.25, 0.3) is 0 Å². The number of hydrogen-bond acceptors (Lipinski definition) is 0. The highest BCUT2D eigenvalue weighted by molar-refractivity contribution is 6.54. The normalized spacial score (nSPS) is 10.3. The molecule has 1 radical (unpaired) electrons. The molecule has 0 aliphatic rings. The third kappa shape index (κ3) is 1.88. The summed E-state index contributed by atoms with van der Waals surface area (Å²) in [7, 11) is 0. The van der Waals surface area contributed by atoms with E-state index >= 15 is 0 Å². The van der Waals surface area contributed by atoms with Crippen LogP contribution in [0.2, 0.25) is 25.1 Å². The van der Waals surface area contributed by atoms with Crippen LogP contribution < -0.4 is 0 Å². The Hall–Kier alpha value is 0.670. The van der Waals surface area contributed by atoms with Gasteiger partial charge in [0.05, 0.1) is 25.1 Å². The van der Waals surface area contributed by atoms with E-state index in [-0.39, 0.29) is 25.1 Å². The zero-order valence-corrected chi connectivity index (χ0v) is 8.67. The first-order chi connectivity index (χ1) is 5.04. The second-order valence-electron chi connectivity index (χ2n) is 1.69. The third-order valence-electron chi connectivity index (χ3n) is 0.990. The highest BCUT2D eigenvalue weighted by Crippen LogP contribution is 2.39. The fraction of sp³-hybridized carbons (Fsp3) is 0. The van der Waals surface area contributed by atoms with Gasteiger partial charge in [0.1, 0.15) is 0 Å². The van der Waals surface area contributed by atoms with Crippen molar-refractivity contribution >= 4 is 58.0 Å². The molecule has 0 unspecified atom stereocenters. The molecule has 0 atom stereocenters. The van der Waals surface area contributed by atoms with Crippen LogP contribution in [0.3, 0.4) is 0 Å². The Balaban J connectivity index is 3.46. The van der Waals surface area contributed by atoms with Crippen LogP contribution in [-0.4, -0.2) is 0 Å². The molecule has 11 heavy (non-hydrogen) atoms. The zero-order chi connectivity index (χ0) is 8.59. The summed E-state index contributed by atoms with van der Waals surface area (Å²) >= 11 is 28.0. The SMILES string of the molecule is Clc1[c]c(Cl)c(Cl)c(Cl)c1Cl. The quantitative estimate of drug-likeness (QED) is 0.459. The molecule has 0 heterocycles.